The molecule has 0 bridgehead atoms. The van der Waals surface area contributed by atoms with E-state index in [1.807, 2.05) is 41.3 Å². The molecule has 0 unspecified atom stereocenters. The first kappa shape index (κ1) is 15.2. The summed E-state index contributed by atoms with van der Waals surface area (Å²) < 4.78 is 5.20. The SMILES string of the molecule is COc1ccc(N2C(N)=CC(N)=N[C@H]2c2ccccc2)cc1Cl. The third-order valence-corrected chi connectivity index (χ3v) is 3.90. The molecular formula is C17H17ClN4O. The van der Waals surface area contributed by atoms with E-state index in [2.05, 4.69) is 4.99 Å². The molecular weight excluding hydrogens is 312 g/mol. The standard InChI is InChI=1S/C17H17ClN4O/c1-23-14-8-7-12(9-13(14)18)22-16(20)10-15(19)21-17(22)11-5-3-2-4-6-11/h2-10,17H,20H2,1H3,(H2,19,21)/t17-/m1/s1. The van der Waals surface area contributed by atoms with Crippen LogP contribution in [0.2, 0.25) is 5.02 Å². The Morgan fingerprint density at radius 2 is 1.87 bits per heavy atom. The summed E-state index contributed by atoms with van der Waals surface area (Å²) in [7, 11) is 1.58. The Kier molecular flexibility index (Phi) is 4.12. The zero-order valence-corrected chi connectivity index (χ0v) is 13.4. The van der Waals surface area contributed by atoms with Crippen molar-refractivity contribution in [1.29, 1.82) is 0 Å². The normalized spacial score (nSPS) is 17.5. The highest BCUT2D eigenvalue weighted by atomic mass is 35.5. The largest absolute Gasteiger partial charge is 0.495 e. The molecule has 1 aliphatic heterocycles. The van der Waals surface area contributed by atoms with Crippen LogP contribution in [0.5, 0.6) is 5.75 Å². The van der Waals surface area contributed by atoms with Gasteiger partial charge in [0.2, 0.25) is 0 Å². The molecule has 0 fully saturated rings. The number of nitrogens with zero attached hydrogens (tertiary/aromatic N) is 2. The van der Waals surface area contributed by atoms with E-state index < -0.39 is 0 Å². The van der Waals surface area contributed by atoms with Gasteiger partial charge in [0.15, 0.2) is 6.17 Å². The number of ether oxygens (including phenoxy) is 1. The molecule has 3 rings (SSSR count). The highest BCUT2D eigenvalue weighted by Crippen LogP contribution is 2.36. The fourth-order valence-electron chi connectivity index (χ4n) is 2.54. The van der Waals surface area contributed by atoms with Gasteiger partial charge in [0, 0.05) is 11.8 Å². The minimum Gasteiger partial charge on any atom is -0.495 e. The number of hydrogen-bond donors (Lipinski definition) is 2. The Hall–Kier alpha value is -2.66. The van der Waals surface area contributed by atoms with Crippen molar-refractivity contribution >= 4 is 23.1 Å². The smallest absolute Gasteiger partial charge is 0.154 e. The molecule has 0 amide bonds. The van der Waals surface area contributed by atoms with Crippen LogP contribution >= 0.6 is 11.6 Å². The first-order chi connectivity index (χ1) is 11.1. The van der Waals surface area contributed by atoms with Gasteiger partial charge >= 0.3 is 0 Å². The van der Waals surface area contributed by atoms with E-state index in [0.717, 1.165) is 11.3 Å². The van der Waals surface area contributed by atoms with Crippen molar-refractivity contribution in [2.24, 2.45) is 16.5 Å². The summed E-state index contributed by atoms with van der Waals surface area (Å²) in [6.07, 6.45) is 1.29. The van der Waals surface area contributed by atoms with Crippen molar-refractivity contribution in [2.45, 2.75) is 6.17 Å². The van der Waals surface area contributed by atoms with Crippen LogP contribution in [0.3, 0.4) is 0 Å². The number of methoxy groups -OCH3 is 1. The van der Waals surface area contributed by atoms with Crippen molar-refractivity contribution in [3.8, 4) is 5.75 Å². The maximum Gasteiger partial charge on any atom is 0.154 e. The molecule has 0 saturated carbocycles. The number of halogens is 1. The summed E-state index contributed by atoms with van der Waals surface area (Å²) in [4.78, 5) is 6.41. The molecule has 4 N–H and O–H groups in total. The van der Waals surface area contributed by atoms with Gasteiger partial charge < -0.3 is 21.1 Å². The highest BCUT2D eigenvalue weighted by Gasteiger charge is 2.26. The molecule has 23 heavy (non-hydrogen) atoms. The minimum absolute atomic E-state index is 0.342. The average molecular weight is 329 g/mol. The molecule has 1 aliphatic rings. The van der Waals surface area contributed by atoms with Gasteiger partial charge in [0.1, 0.15) is 17.4 Å². The van der Waals surface area contributed by atoms with E-state index in [4.69, 9.17) is 27.8 Å². The molecule has 0 aliphatic carbocycles. The van der Waals surface area contributed by atoms with Crippen LogP contribution < -0.4 is 21.1 Å². The number of hydrogen-bond acceptors (Lipinski definition) is 5. The Bertz CT molecular complexity index is 773. The Labute approximate surface area is 139 Å². The topological polar surface area (TPSA) is 76.9 Å². The average Bonchev–Trinajstić information content (AvgIpc) is 2.55. The first-order valence-electron chi connectivity index (χ1n) is 7.08. The van der Waals surface area contributed by atoms with E-state index >= 15 is 0 Å². The van der Waals surface area contributed by atoms with Gasteiger partial charge in [-0.15, -0.1) is 0 Å². The highest BCUT2D eigenvalue weighted by molar-refractivity contribution is 6.32. The van der Waals surface area contributed by atoms with Crippen LogP contribution in [0.1, 0.15) is 11.7 Å². The molecule has 0 aromatic heterocycles. The number of amidine groups is 1. The van der Waals surface area contributed by atoms with Crippen molar-refractivity contribution in [3.63, 3.8) is 0 Å². The lowest BCUT2D eigenvalue weighted by Gasteiger charge is -2.34. The Morgan fingerprint density at radius 3 is 2.52 bits per heavy atom. The molecule has 5 nitrogen and oxygen atoms in total. The van der Waals surface area contributed by atoms with Crippen LogP contribution in [0.25, 0.3) is 0 Å². The zero-order chi connectivity index (χ0) is 16.4. The zero-order valence-electron chi connectivity index (χ0n) is 12.6. The Balaban J connectivity index is 2.07. The van der Waals surface area contributed by atoms with E-state index in [1.54, 1.807) is 25.3 Å². The van der Waals surface area contributed by atoms with Gasteiger partial charge in [0.25, 0.3) is 0 Å². The lowest BCUT2D eigenvalue weighted by molar-refractivity contribution is 0.415. The van der Waals surface area contributed by atoms with E-state index in [9.17, 15) is 0 Å². The predicted molar refractivity (Wildman–Crippen MR) is 93.6 cm³/mol. The van der Waals surface area contributed by atoms with Crippen LogP contribution in [0, 0.1) is 0 Å². The molecule has 2 aromatic carbocycles. The molecule has 2 aromatic rings. The summed E-state index contributed by atoms with van der Waals surface area (Å²) >= 11 is 6.25. The molecule has 0 saturated heterocycles. The van der Waals surface area contributed by atoms with Crippen molar-refractivity contribution in [2.75, 3.05) is 12.0 Å². The lowest BCUT2D eigenvalue weighted by Crippen LogP contribution is -2.36. The third-order valence-electron chi connectivity index (χ3n) is 3.60. The molecule has 6 heteroatoms. The summed E-state index contributed by atoms with van der Waals surface area (Å²) in [6.45, 7) is 0. The molecule has 1 heterocycles. The monoisotopic (exact) mass is 328 g/mol. The van der Waals surface area contributed by atoms with E-state index in [0.29, 0.717) is 22.4 Å². The van der Waals surface area contributed by atoms with Gasteiger partial charge in [-0.05, 0) is 23.8 Å². The number of benzene rings is 2. The maximum absolute atomic E-state index is 6.25. The summed E-state index contributed by atoms with van der Waals surface area (Å²) in [5.41, 5.74) is 13.9. The fourth-order valence-corrected chi connectivity index (χ4v) is 2.79. The maximum atomic E-state index is 6.25. The minimum atomic E-state index is -0.342. The molecule has 0 spiro atoms. The quantitative estimate of drug-likeness (QED) is 0.908. The van der Waals surface area contributed by atoms with Crippen LogP contribution in [-0.2, 0) is 0 Å². The van der Waals surface area contributed by atoms with Crippen LogP contribution in [0.15, 0.2) is 65.4 Å². The number of anilines is 1. The molecule has 0 radical (unpaired) electrons. The van der Waals surface area contributed by atoms with Gasteiger partial charge in [-0.2, -0.15) is 0 Å². The number of rotatable bonds is 3. The second-order valence-corrected chi connectivity index (χ2v) is 5.50. The van der Waals surface area contributed by atoms with Gasteiger partial charge in [-0.1, -0.05) is 41.9 Å². The Morgan fingerprint density at radius 1 is 1.13 bits per heavy atom. The lowest BCUT2D eigenvalue weighted by atomic mass is 10.1. The van der Waals surface area contributed by atoms with E-state index in [-0.39, 0.29) is 6.17 Å². The number of nitrogens with two attached hydrogens (primary N) is 2. The van der Waals surface area contributed by atoms with Gasteiger partial charge in [-0.3, -0.25) is 0 Å². The predicted octanol–water partition coefficient (Wildman–Crippen LogP) is 3.02. The summed E-state index contributed by atoms with van der Waals surface area (Å²) in [5.74, 6) is 1.51. The molecule has 1 atom stereocenters. The fraction of sp³-hybridized carbons (Fsp3) is 0.118. The summed E-state index contributed by atoms with van der Waals surface area (Å²) in [5, 5.41) is 0.507. The van der Waals surface area contributed by atoms with Crippen LogP contribution in [0.4, 0.5) is 5.69 Å². The summed E-state index contributed by atoms with van der Waals surface area (Å²) in [6, 6.07) is 15.3. The number of aliphatic imine (C=N–C) groups is 1. The third kappa shape index (κ3) is 2.96. The van der Waals surface area contributed by atoms with Gasteiger partial charge in [-0.25, -0.2) is 4.99 Å². The van der Waals surface area contributed by atoms with Crippen molar-refractivity contribution in [3.05, 3.63) is 71.0 Å². The second kappa shape index (κ2) is 6.22. The van der Waals surface area contributed by atoms with E-state index in [1.165, 1.54) is 0 Å². The molecule has 118 valence electrons. The van der Waals surface area contributed by atoms with Crippen molar-refractivity contribution in [1.82, 2.24) is 0 Å². The van der Waals surface area contributed by atoms with Gasteiger partial charge in [0.05, 0.1) is 12.1 Å². The van der Waals surface area contributed by atoms with Crippen LogP contribution in [-0.4, -0.2) is 12.9 Å². The van der Waals surface area contributed by atoms with Crippen molar-refractivity contribution < 1.29 is 4.74 Å². The second-order valence-electron chi connectivity index (χ2n) is 5.10. The first-order valence-corrected chi connectivity index (χ1v) is 7.46.